The van der Waals surface area contributed by atoms with Crippen molar-refractivity contribution in [3.63, 3.8) is 0 Å². The molecule has 0 unspecified atom stereocenters. The largest absolute Gasteiger partial charge is 0.473 e. The predicted octanol–water partition coefficient (Wildman–Crippen LogP) is 3.48. The number of hydrogen-bond donors (Lipinski definition) is 1. The maximum Gasteiger partial charge on any atom is 0.237 e. The van der Waals surface area contributed by atoms with E-state index in [-0.39, 0.29) is 6.10 Å². The van der Waals surface area contributed by atoms with Gasteiger partial charge in [0.1, 0.15) is 0 Å². The molecule has 2 rings (SSSR count). The quantitative estimate of drug-likeness (QED) is 0.871. The molecule has 2 aromatic rings. The van der Waals surface area contributed by atoms with Crippen molar-refractivity contribution < 1.29 is 4.74 Å². The molecular formula is C15H18N2O. The molecule has 0 fully saturated rings. The van der Waals surface area contributed by atoms with Gasteiger partial charge < -0.3 is 10.1 Å². The van der Waals surface area contributed by atoms with Crippen LogP contribution in [-0.4, -0.2) is 11.1 Å². The number of rotatable bonds is 5. The van der Waals surface area contributed by atoms with Crippen LogP contribution in [0.4, 0.5) is 5.69 Å². The summed E-state index contributed by atoms with van der Waals surface area (Å²) in [4.78, 5) is 4.25. The highest BCUT2D eigenvalue weighted by molar-refractivity contribution is 5.52. The normalized spacial score (nSPS) is 10.4. The van der Waals surface area contributed by atoms with Crippen LogP contribution in [0, 0.1) is 0 Å². The molecule has 0 saturated carbocycles. The molecule has 3 heteroatoms. The lowest BCUT2D eigenvalue weighted by molar-refractivity contribution is 0.234. The van der Waals surface area contributed by atoms with Gasteiger partial charge in [0.25, 0.3) is 0 Å². The molecule has 0 aliphatic heterocycles. The Kier molecular flexibility index (Phi) is 4.18. The molecule has 94 valence electrons. The Morgan fingerprint density at radius 2 is 1.89 bits per heavy atom. The molecule has 0 aliphatic carbocycles. The van der Waals surface area contributed by atoms with Crippen LogP contribution in [0.3, 0.4) is 0 Å². The van der Waals surface area contributed by atoms with E-state index in [1.54, 1.807) is 6.20 Å². The highest BCUT2D eigenvalue weighted by Crippen LogP contribution is 2.22. The van der Waals surface area contributed by atoms with Gasteiger partial charge in [-0.3, -0.25) is 0 Å². The Hall–Kier alpha value is -2.03. The van der Waals surface area contributed by atoms with E-state index in [1.165, 1.54) is 5.56 Å². The second kappa shape index (κ2) is 6.05. The molecule has 0 saturated heterocycles. The van der Waals surface area contributed by atoms with Crippen LogP contribution >= 0.6 is 0 Å². The van der Waals surface area contributed by atoms with Gasteiger partial charge in [-0.1, -0.05) is 30.3 Å². The number of nitrogens with zero attached hydrogens (tertiary/aromatic N) is 1. The second-order valence-electron chi connectivity index (χ2n) is 4.36. The first-order valence-electron chi connectivity index (χ1n) is 6.15. The van der Waals surface area contributed by atoms with Crippen LogP contribution in [0.5, 0.6) is 5.88 Å². The predicted molar refractivity (Wildman–Crippen MR) is 73.8 cm³/mol. The molecule has 1 N–H and O–H groups in total. The van der Waals surface area contributed by atoms with Crippen molar-refractivity contribution in [2.75, 3.05) is 5.32 Å². The topological polar surface area (TPSA) is 34.1 Å². The summed E-state index contributed by atoms with van der Waals surface area (Å²) in [5, 5.41) is 3.35. The van der Waals surface area contributed by atoms with Gasteiger partial charge >= 0.3 is 0 Å². The number of aromatic nitrogens is 1. The third-order valence-electron chi connectivity index (χ3n) is 2.44. The van der Waals surface area contributed by atoms with Crippen molar-refractivity contribution in [2.24, 2.45) is 0 Å². The molecule has 1 heterocycles. The van der Waals surface area contributed by atoms with E-state index >= 15 is 0 Å². The number of pyridine rings is 1. The van der Waals surface area contributed by atoms with Crippen LogP contribution in [0.15, 0.2) is 48.7 Å². The first kappa shape index (κ1) is 12.4. The second-order valence-corrected chi connectivity index (χ2v) is 4.36. The van der Waals surface area contributed by atoms with Gasteiger partial charge in [0.2, 0.25) is 5.88 Å². The average molecular weight is 242 g/mol. The Bertz CT molecular complexity index is 483. The van der Waals surface area contributed by atoms with Gasteiger partial charge in [-0.25, -0.2) is 4.98 Å². The van der Waals surface area contributed by atoms with Gasteiger partial charge in [-0.2, -0.15) is 0 Å². The fraction of sp³-hybridized carbons (Fsp3) is 0.267. The van der Waals surface area contributed by atoms with E-state index in [0.29, 0.717) is 5.88 Å². The van der Waals surface area contributed by atoms with Gasteiger partial charge in [-0.05, 0) is 31.5 Å². The van der Waals surface area contributed by atoms with E-state index in [0.717, 1.165) is 12.2 Å². The van der Waals surface area contributed by atoms with Crippen molar-refractivity contribution in [3.05, 3.63) is 54.2 Å². The molecule has 1 aromatic heterocycles. The highest BCUT2D eigenvalue weighted by atomic mass is 16.5. The summed E-state index contributed by atoms with van der Waals surface area (Å²) in [6.45, 7) is 4.76. The SMILES string of the molecule is CC(C)Oc1ncccc1NCc1ccccc1. The standard InChI is InChI=1S/C15H18N2O/c1-12(2)18-15-14(9-6-10-16-15)17-11-13-7-4-3-5-8-13/h3-10,12,17H,11H2,1-2H3. The minimum atomic E-state index is 0.122. The summed E-state index contributed by atoms with van der Waals surface area (Å²) in [5.41, 5.74) is 2.16. The summed E-state index contributed by atoms with van der Waals surface area (Å²) in [6, 6.07) is 14.1. The van der Waals surface area contributed by atoms with Crippen molar-refractivity contribution in [1.82, 2.24) is 4.98 Å². The zero-order valence-corrected chi connectivity index (χ0v) is 10.8. The molecule has 0 bridgehead atoms. The molecule has 1 aromatic carbocycles. The van der Waals surface area contributed by atoms with E-state index in [9.17, 15) is 0 Å². The van der Waals surface area contributed by atoms with Crippen LogP contribution in [0.25, 0.3) is 0 Å². The smallest absolute Gasteiger partial charge is 0.237 e. The van der Waals surface area contributed by atoms with Crippen LogP contribution in [0.1, 0.15) is 19.4 Å². The van der Waals surface area contributed by atoms with Crippen LogP contribution in [0.2, 0.25) is 0 Å². The summed E-state index contributed by atoms with van der Waals surface area (Å²) in [6.07, 6.45) is 1.86. The lowest BCUT2D eigenvalue weighted by Crippen LogP contribution is -2.10. The molecular weight excluding hydrogens is 224 g/mol. The fourth-order valence-corrected chi connectivity index (χ4v) is 1.64. The van der Waals surface area contributed by atoms with Gasteiger partial charge in [0, 0.05) is 12.7 Å². The number of nitrogens with one attached hydrogen (secondary N) is 1. The number of benzene rings is 1. The molecule has 0 spiro atoms. The van der Waals surface area contributed by atoms with Crippen LogP contribution in [-0.2, 0) is 6.54 Å². The maximum absolute atomic E-state index is 5.66. The van der Waals surface area contributed by atoms with E-state index in [1.807, 2.05) is 44.2 Å². The number of hydrogen-bond acceptors (Lipinski definition) is 3. The Labute approximate surface area is 108 Å². The molecule has 0 atom stereocenters. The molecule has 18 heavy (non-hydrogen) atoms. The van der Waals surface area contributed by atoms with Crippen LogP contribution < -0.4 is 10.1 Å². The Balaban J connectivity index is 2.05. The van der Waals surface area contributed by atoms with Gasteiger partial charge in [0.15, 0.2) is 0 Å². The number of anilines is 1. The average Bonchev–Trinajstić information content (AvgIpc) is 2.38. The van der Waals surface area contributed by atoms with Crippen molar-refractivity contribution in [2.45, 2.75) is 26.5 Å². The van der Waals surface area contributed by atoms with E-state index in [2.05, 4.69) is 22.4 Å². The third kappa shape index (κ3) is 3.48. The first-order chi connectivity index (χ1) is 8.75. The summed E-state index contributed by atoms with van der Waals surface area (Å²) in [7, 11) is 0. The Morgan fingerprint density at radius 1 is 1.11 bits per heavy atom. The van der Waals surface area contributed by atoms with Gasteiger partial charge in [-0.15, -0.1) is 0 Å². The summed E-state index contributed by atoms with van der Waals surface area (Å²) >= 11 is 0. The van der Waals surface area contributed by atoms with Crippen molar-refractivity contribution >= 4 is 5.69 Å². The zero-order valence-electron chi connectivity index (χ0n) is 10.8. The first-order valence-corrected chi connectivity index (χ1v) is 6.15. The Morgan fingerprint density at radius 3 is 2.61 bits per heavy atom. The number of ether oxygens (including phenoxy) is 1. The van der Waals surface area contributed by atoms with Crippen molar-refractivity contribution in [1.29, 1.82) is 0 Å². The minimum Gasteiger partial charge on any atom is -0.473 e. The zero-order chi connectivity index (χ0) is 12.8. The monoisotopic (exact) mass is 242 g/mol. The molecule has 3 nitrogen and oxygen atoms in total. The lowest BCUT2D eigenvalue weighted by Gasteiger charge is -2.14. The maximum atomic E-state index is 5.66. The molecule has 0 radical (unpaired) electrons. The van der Waals surface area contributed by atoms with E-state index < -0.39 is 0 Å². The van der Waals surface area contributed by atoms with Gasteiger partial charge in [0.05, 0.1) is 11.8 Å². The third-order valence-corrected chi connectivity index (χ3v) is 2.44. The van der Waals surface area contributed by atoms with E-state index in [4.69, 9.17) is 4.74 Å². The molecule has 0 aliphatic rings. The molecule has 0 amide bonds. The summed E-state index contributed by atoms with van der Waals surface area (Å²) in [5.74, 6) is 0.656. The lowest BCUT2D eigenvalue weighted by atomic mass is 10.2. The highest BCUT2D eigenvalue weighted by Gasteiger charge is 2.05. The minimum absolute atomic E-state index is 0.122. The summed E-state index contributed by atoms with van der Waals surface area (Å²) < 4.78 is 5.66. The van der Waals surface area contributed by atoms with Crippen molar-refractivity contribution in [3.8, 4) is 5.88 Å². The fourth-order valence-electron chi connectivity index (χ4n) is 1.64.